The third-order valence-corrected chi connectivity index (χ3v) is 5.36. The molecule has 10 heteroatoms. The van der Waals surface area contributed by atoms with Crippen LogP contribution in [0.4, 0.5) is 21.8 Å². The van der Waals surface area contributed by atoms with Crippen LogP contribution in [0.1, 0.15) is 32.3 Å². The van der Waals surface area contributed by atoms with Gasteiger partial charge in [-0.3, -0.25) is 4.90 Å². The average Bonchev–Trinajstić information content (AvgIpc) is 2.82. The predicted molar refractivity (Wildman–Crippen MR) is 126 cm³/mol. The van der Waals surface area contributed by atoms with Crippen molar-refractivity contribution < 1.29 is 13.9 Å². The number of halogens is 1. The molecule has 1 aliphatic heterocycles. The van der Waals surface area contributed by atoms with Gasteiger partial charge in [0.15, 0.2) is 11.6 Å². The molecule has 0 aliphatic carbocycles. The van der Waals surface area contributed by atoms with Gasteiger partial charge >= 0.3 is 0 Å². The molecule has 1 aliphatic rings. The first-order chi connectivity index (χ1) is 16.1. The van der Waals surface area contributed by atoms with Crippen LogP contribution in [-0.2, 0) is 11.2 Å². The number of benzene rings is 1. The first kappa shape index (κ1) is 24.7. The molecule has 1 saturated heterocycles. The predicted octanol–water partition coefficient (Wildman–Crippen LogP) is 4.53. The van der Waals surface area contributed by atoms with E-state index in [-0.39, 0.29) is 18.3 Å². The Balaban J connectivity index is 1.59. The second-order valence-corrected chi connectivity index (χ2v) is 7.71. The van der Waals surface area contributed by atoms with Gasteiger partial charge in [0.1, 0.15) is 12.4 Å². The van der Waals surface area contributed by atoms with E-state index in [1.165, 1.54) is 6.21 Å². The highest BCUT2D eigenvalue weighted by Crippen LogP contribution is 2.25. The van der Waals surface area contributed by atoms with Crippen LogP contribution >= 0.6 is 0 Å². The van der Waals surface area contributed by atoms with Crippen LogP contribution in [0.2, 0.25) is 0 Å². The fourth-order valence-electron chi connectivity index (χ4n) is 3.65. The number of rotatable bonds is 12. The number of ether oxygens (including phenoxy) is 2. The summed E-state index contributed by atoms with van der Waals surface area (Å²) in [4.78, 5) is 14.4. The highest BCUT2D eigenvalue weighted by Gasteiger charge is 2.19. The zero-order valence-corrected chi connectivity index (χ0v) is 19.3. The summed E-state index contributed by atoms with van der Waals surface area (Å²) in [6, 6.07) is 5.90. The van der Waals surface area contributed by atoms with Crippen LogP contribution < -0.4 is 10.1 Å². The van der Waals surface area contributed by atoms with Crippen molar-refractivity contribution in [2.24, 2.45) is 10.1 Å². The summed E-state index contributed by atoms with van der Waals surface area (Å²) in [6.45, 7) is 8.47. The molecule has 2 aromatic rings. The van der Waals surface area contributed by atoms with E-state index >= 15 is 0 Å². The third kappa shape index (κ3) is 7.83. The number of nitrogens with one attached hydrogen (secondary N) is 2. The Bertz CT molecular complexity index is 933. The van der Waals surface area contributed by atoms with Crippen molar-refractivity contribution in [3.05, 3.63) is 35.8 Å². The summed E-state index contributed by atoms with van der Waals surface area (Å²) >= 11 is 0. The molecule has 178 valence electrons. The van der Waals surface area contributed by atoms with E-state index in [1.807, 2.05) is 25.1 Å². The van der Waals surface area contributed by atoms with Gasteiger partial charge in [0.2, 0.25) is 5.95 Å². The van der Waals surface area contributed by atoms with Crippen molar-refractivity contribution in [1.29, 1.82) is 5.53 Å². The lowest BCUT2D eigenvalue weighted by Gasteiger charge is -2.31. The van der Waals surface area contributed by atoms with Gasteiger partial charge in [-0.25, -0.2) is 19.9 Å². The maximum Gasteiger partial charge on any atom is 0.229 e. The van der Waals surface area contributed by atoms with Crippen LogP contribution in [0.25, 0.3) is 0 Å². The largest absolute Gasteiger partial charge is 0.492 e. The topological polar surface area (TPSA) is 108 Å². The van der Waals surface area contributed by atoms with Crippen molar-refractivity contribution in [1.82, 2.24) is 14.9 Å². The van der Waals surface area contributed by atoms with Crippen molar-refractivity contribution in [3.8, 4) is 5.75 Å². The summed E-state index contributed by atoms with van der Waals surface area (Å²) in [5.41, 5.74) is 8.63. The van der Waals surface area contributed by atoms with Crippen LogP contribution in [0.3, 0.4) is 0 Å². The van der Waals surface area contributed by atoms with Crippen LogP contribution in [-0.4, -0.2) is 66.6 Å². The molecule has 33 heavy (non-hydrogen) atoms. The zero-order chi connectivity index (χ0) is 23.5. The SMILES string of the molecule is CCOC1CCN(CCOc2cc(CC)cc(Nc3ncc(F)c(N=CCN=N)n3)c2)CC1. The Morgan fingerprint density at radius 2 is 2.09 bits per heavy atom. The highest BCUT2D eigenvalue weighted by molar-refractivity contribution is 5.64. The normalized spacial score (nSPS) is 15.1. The maximum absolute atomic E-state index is 13.9. The number of aromatic nitrogens is 2. The molecule has 2 heterocycles. The Labute approximate surface area is 194 Å². The minimum atomic E-state index is -0.640. The molecule has 0 bridgehead atoms. The quantitative estimate of drug-likeness (QED) is 0.358. The molecule has 2 N–H and O–H groups in total. The van der Waals surface area contributed by atoms with E-state index in [0.717, 1.165) is 68.7 Å². The minimum absolute atomic E-state index is 0.0655. The van der Waals surface area contributed by atoms with Crippen LogP contribution in [0, 0.1) is 11.3 Å². The summed E-state index contributed by atoms with van der Waals surface area (Å²) in [5.74, 6) is 0.243. The molecule has 0 atom stereocenters. The zero-order valence-electron chi connectivity index (χ0n) is 19.3. The molecule has 1 fully saturated rings. The highest BCUT2D eigenvalue weighted by atomic mass is 19.1. The molecular weight excluding hydrogens is 425 g/mol. The summed E-state index contributed by atoms with van der Waals surface area (Å²) < 4.78 is 25.7. The average molecular weight is 458 g/mol. The van der Waals surface area contributed by atoms with Gasteiger partial charge < -0.3 is 14.8 Å². The number of anilines is 2. The number of likely N-dealkylation sites (tertiary alicyclic amines) is 1. The van der Waals surface area contributed by atoms with Crippen molar-refractivity contribution in [2.75, 3.05) is 44.7 Å². The van der Waals surface area contributed by atoms with Gasteiger partial charge in [0.25, 0.3) is 0 Å². The fraction of sp³-hybridized carbons (Fsp3) is 0.522. The van der Waals surface area contributed by atoms with Gasteiger partial charge in [0.05, 0.1) is 18.8 Å². The summed E-state index contributed by atoms with van der Waals surface area (Å²) in [6.07, 6.45) is 5.74. The van der Waals surface area contributed by atoms with Crippen LogP contribution in [0.5, 0.6) is 5.75 Å². The Kier molecular flexibility index (Phi) is 9.64. The third-order valence-electron chi connectivity index (χ3n) is 5.36. The summed E-state index contributed by atoms with van der Waals surface area (Å²) in [7, 11) is 0. The number of aliphatic imine (C=N–C) groups is 1. The van der Waals surface area contributed by atoms with Crippen molar-refractivity contribution in [3.63, 3.8) is 0 Å². The van der Waals surface area contributed by atoms with Crippen LogP contribution in [0.15, 0.2) is 34.5 Å². The molecule has 0 unspecified atom stereocenters. The minimum Gasteiger partial charge on any atom is -0.492 e. The molecule has 0 amide bonds. The second kappa shape index (κ2) is 12.9. The lowest BCUT2D eigenvalue weighted by molar-refractivity contribution is 0.0119. The maximum atomic E-state index is 13.9. The number of aryl methyl sites for hydroxylation is 1. The fourth-order valence-corrected chi connectivity index (χ4v) is 3.65. The molecule has 0 saturated carbocycles. The van der Waals surface area contributed by atoms with Crippen molar-refractivity contribution in [2.45, 2.75) is 39.2 Å². The molecule has 1 aromatic heterocycles. The van der Waals surface area contributed by atoms with Gasteiger partial charge in [-0.2, -0.15) is 10.1 Å². The standard InChI is InChI=1S/C23H32FN7O2/c1-3-17-13-18(29-23-27-16-21(24)22(30-23)26-7-8-28-25)15-20(14-17)33-12-11-31-9-5-19(6-10-31)32-4-2/h7,13-16,19,25H,3-6,8-12H2,1-2H3,(H,27,29,30). The Morgan fingerprint density at radius 3 is 2.82 bits per heavy atom. The monoisotopic (exact) mass is 457 g/mol. The lowest BCUT2D eigenvalue weighted by Crippen LogP contribution is -2.39. The molecule has 1 aromatic carbocycles. The smallest absolute Gasteiger partial charge is 0.229 e. The van der Waals surface area contributed by atoms with E-state index in [4.69, 9.17) is 15.0 Å². The first-order valence-corrected chi connectivity index (χ1v) is 11.4. The molecule has 3 rings (SSSR count). The first-order valence-electron chi connectivity index (χ1n) is 11.4. The van der Waals surface area contributed by atoms with E-state index in [1.54, 1.807) is 0 Å². The Hall–Kier alpha value is -2.98. The van der Waals surface area contributed by atoms with Gasteiger partial charge in [-0.05, 0) is 43.9 Å². The summed E-state index contributed by atoms with van der Waals surface area (Å²) in [5, 5.41) is 6.27. The second-order valence-electron chi connectivity index (χ2n) is 7.71. The number of hydrogen-bond donors (Lipinski definition) is 2. The number of nitrogens with zero attached hydrogens (tertiary/aromatic N) is 5. The van der Waals surface area contributed by atoms with E-state index in [2.05, 4.69) is 37.2 Å². The molecule has 9 nitrogen and oxygen atoms in total. The molecular formula is C23H32FN7O2. The van der Waals surface area contributed by atoms with Gasteiger partial charge in [-0.15, -0.1) is 0 Å². The van der Waals surface area contributed by atoms with Crippen molar-refractivity contribution >= 4 is 23.7 Å². The van der Waals surface area contributed by atoms with E-state index in [9.17, 15) is 4.39 Å². The number of piperidine rings is 1. The molecule has 0 spiro atoms. The van der Waals surface area contributed by atoms with E-state index < -0.39 is 5.82 Å². The Morgan fingerprint density at radius 1 is 1.27 bits per heavy atom. The van der Waals surface area contributed by atoms with Gasteiger partial charge in [-0.1, -0.05) is 6.92 Å². The number of hydrogen-bond acceptors (Lipinski definition) is 9. The molecule has 0 radical (unpaired) electrons. The lowest BCUT2D eigenvalue weighted by atomic mass is 10.1. The van der Waals surface area contributed by atoms with Gasteiger partial charge in [0, 0.05) is 44.2 Å². The van der Waals surface area contributed by atoms with E-state index in [0.29, 0.717) is 12.7 Å².